The molecule has 0 bridgehead atoms. The van der Waals surface area contributed by atoms with E-state index in [1.54, 1.807) is 16.8 Å². The van der Waals surface area contributed by atoms with Gasteiger partial charge in [0, 0.05) is 17.8 Å². The third-order valence-electron chi connectivity index (χ3n) is 3.25. The summed E-state index contributed by atoms with van der Waals surface area (Å²) in [7, 11) is 0. The zero-order valence-corrected chi connectivity index (χ0v) is 11.7. The standard InChI is InChI=1S/C15H20FN3/c1-4-9-17-10-13-11(2)18-19(12(13)3)15-8-6-5-7-14(15)16/h5-8,17H,4,9-10H2,1-3H3. The molecule has 4 heteroatoms. The number of hydrogen-bond donors (Lipinski definition) is 1. The van der Waals surface area contributed by atoms with Gasteiger partial charge < -0.3 is 5.32 Å². The lowest BCUT2D eigenvalue weighted by Gasteiger charge is -2.07. The van der Waals surface area contributed by atoms with E-state index in [1.165, 1.54) is 6.07 Å². The highest BCUT2D eigenvalue weighted by atomic mass is 19.1. The first kappa shape index (κ1) is 13.7. The Kier molecular flexibility index (Phi) is 4.32. The SMILES string of the molecule is CCCNCc1c(C)nn(-c2ccccc2F)c1C. The smallest absolute Gasteiger partial charge is 0.148 e. The van der Waals surface area contributed by atoms with Gasteiger partial charge in [0.25, 0.3) is 0 Å². The van der Waals surface area contributed by atoms with Gasteiger partial charge in [0.2, 0.25) is 0 Å². The van der Waals surface area contributed by atoms with Crippen LogP contribution >= 0.6 is 0 Å². The predicted octanol–water partition coefficient (Wildman–Crippen LogP) is 3.13. The molecule has 0 radical (unpaired) electrons. The molecule has 1 aromatic heterocycles. The second-order valence-corrected chi connectivity index (χ2v) is 4.69. The molecule has 0 saturated heterocycles. The van der Waals surface area contributed by atoms with Crippen molar-refractivity contribution in [2.24, 2.45) is 0 Å². The molecule has 0 aliphatic heterocycles. The Labute approximate surface area is 113 Å². The number of rotatable bonds is 5. The summed E-state index contributed by atoms with van der Waals surface area (Å²) in [6, 6.07) is 6.72. The lowest BCUT2D eigenvalue weighted by molar-refractivity contribution is 0.607. The summed E-state index contributed by atoms with van der Waals surface area (Å²) in [5.41, 5.74) is 3.59. The molecule has 1 N–H and O–H groups in total. The second kappa shape index (κ2) is 5.97. The number of benzene rings is 1. The highest BCUT2D eigenvalue weighted by Gasteiger charge is 2.14. The van der Waals surface area contributed by atoms with Crippen LogP contribution in [0.5, 0.6) is 0 Å². The summed E-state index contributed by atoms with van der Waals surface area (Å²) in [5, 5.41) is 7.82. The minimum Gasteiger partial charge on any atom is -0.313 e. The number of hydrogen-bond acceptors (Lipinski definition) is 2. The summed E-state index contributed by atoms with van der Waals surface area (Å²) >= 11 is 0. The van der Waals surface area contributed by atoms with Crippen molar-refractivity contribution in [1.82, 2.24) is 15.1 Å². The van der Waals surface area contributed by atoms with E-state index in [9.17, 15) is 4.39 Å². The predicted molar refractivity (Wildman–Crippen MR) is 75.0 cm³/mol. The number of halogens is 1. The Morgan fingerprint density at radius 1 is 1.26 bits per heavy atom. The van der Waals surface area contributed by atoms with E-state index in [-0.39, 0.29) is 5.82 Å². The van der Waals surface area contributed by atoms with Crippen LogP contribution in [0.1, 0.15) is 30.3 Å². The third-order valence-corrected chi connectivity index (χ3v) is 3.25. The first-order valence-corrected chi connectivity index (χ1v) is 6.65. The second-order valence-electron chi connectivity index (χ2n) is 4.69. The van der Waals surface area contributed by atoms with Crippen LogP contribution in [-0.2, 0) is 6.54 Å². The fourth-order valence-corrected chi connectivity index (χ4v) is 2.18. The molecule has 0 atom stereocenters. The highest BCUT2D eigenvalue weighted by molar-refractivity contribution is 5.38. The van der Waals surface area contributed by atoms with Crippen molar-refractivity contribution in [2.75, 3.05) is 6.54 Å². The lowest BCUT2D eigenvalue weighted by atomic mass is 10.2. The number of aryl methyl sites for hydroxylation is 1. The molecule has 102 valence electrons. The lowest BCUT2D eigenvalue weighted by Crippen LogP contribution is -2.15. The van der Waals surface area contributed by atoms with E-state index in [1.807, 2.05) is 19.9 Å². The van der Waals surface area contributed by atoms with Crippen molar-refractivity contribution in [3.05, 3.63) is 47.0 Å². The molecule has 0 spiro atoms. The molecule has 2 rings (SSSR count). The van der Waals surface area contributed by atoms with E-state index in [0.717, 1.165) is 36.5 Å². The summed E-state index contributed by atoms with van der Waals surface area (Å²) in [6.45, 7) is 7.84. The summed E-state index contributed by atoms with van der Waals surface area (Å²) in [4.78, 5) is 0. The largest absolute Gasteiger partial charge is 0.313 e. The quantitative estimate of drug-likeness (QED) is 0.838. The van der Waals surface area contributed by atoms with E-state index < -0.39 is 0 Å². The third kappa shape index (κ3) is 2.84. The van der Waals surface area contributed by atoms with Crippen molar-refractivity contribution in [2.45, 2.75) is 33.7 Å². The Morgan fingerprint density at radius 2 is 2.00 bits per heavy atom. The van der Waals surface area contributed by atoms with Crippen LogP contribution in [0.4, 0.5) is 4.39 Å². The van der Waals surface area contributed by atoms with Crippen molar-refractivity contribution >= 4 is 0 Å². The zero-order chi connectivity index (χ0) is 13.8. The minimum absolute atomic E-state index is 0.249. The molecule has 0 aliphatic rings. The van der Waals surface area contributed by atoms with Gasteiger partial charge in [-0.2, -0.15) is 5.10 Å². The highest BCUT2D eigenvalue weighted by Crippen LogP contribution is 2.19. The van der Waals surface area contributed by atoms with Crippen LogP contribution in [0.3, 0.4) is 0 Å². The number of aromatic nitrogens is 2. The van der Waals surface area contributed by atoms with E-state index in [0.29, 0.717) is 5.69 Å². The van der Waals surface area contributed by atoms with E-state index in [4.69, 9.17) is 0 Å². The van der Waals surface area contributed by atoms with Gasteiger partial charge in [-0.15, -0.1) is 0 Å². The number of nitrogens with one attached hydrogen (secondary N) is 1. The number of nitrogens with zero attached hydrogens (tertiary/aromatic N) is 2. The first-order valence-electron chi connectivity index (χ1n) is 6.65. The van der Waals surface area contributed by atoms with Crippen molar-refractivity contribution in [3.63, 3.8) is 0 Å². The van der Waals surface area contributed by atoms with Gasteiger partial charge in [0.15, 0.2) is 0 Å². The average Bonchev–Trinajstić information content (AvgIpc) is 2.67. The van der Waals surface area contributed by atoms with Crippen LogP contribution in [0.15, 0.2) is 24.3 Å². The molecule has 0 amide bonds. The fourth-order valence-electron chi connectivity index (χ4n) is 2.18. The van der Waals surface area contributed by atoms with Crippen LogP contribution in [-0.4, -0.2) is 16.3 Å². The molecular weight excluding hydrogens is 241 g/mol. The Morgan fingerprint density at radius 3 is 2.68 bits per heavy atom. The molecule has 0 aliphatic carbocycles. The Balaban J connectivity index is 2.33. The van der Waals surface area contributed by atoms with Gasteiger partial charge >= 0.3 is 0 Å². The maximum absolute atomic E-state index is 13.8. The molecule has 0 unspecified atom stereocenters. The zero-order valence-electron chi connectivity index (χ0n) is 11.7. The molecule has 19 heavy (non-hydrogen) atoms. The van der Waals surface area contributed by atoms with E-state index >= 15 is 0 Å². The van der Waals surface area contributed by atoms with Crippen molar-refractivity contribution in [1.29, 1.82) is 0 Å². The topological polar surface area (TPSA) is 29.9 Å². The average molecular weight is 261 g/mol. The molecule has 0 fully saturated rings. The molecule has 3 nitrogen and oxygen atoms in total. The van der Waals surface area contributed by atoms with Crippen LogP contribution in [0.2, 0.25) is 0 Å². The maximum Gasteiger partial charge on any atom is 0.148 e. The molecule has 1 aromatic carbocycles. The summed E-state index contributed by atoms with van der Waals surface area (Å²) in [5.74, 6) is -0.249. The van der Waals surface area contributed by atoms with Crippen LogP contribution in [0.25, 0.3) is 5.69 Å². The number of para-hydroxylation sites is 1. The van der Waals surface area contributed by atoms with Crippen LogP contribution in [0, 0.1) is 19.7 Å². The summed E-state index contributed by atoms with van der Waals surface area (Å²) < 4.78 is 15.5. The van der Waals surface area contributed by atoms with Gasteiger partial charge in [0.05, 0.1) is 5.69 Å². The van der Waals surface area contributed by atoms with Gasteiger partial charge in [-0.25, -0.2) is 9.07 Å². The van der Waals surface area contributed by atoms with Crippen LogP contribution < -0.4 is 5.32 Å². The van der Waals surface area contributed by atoms with Gasteiger partial charge in [-0.05, 0) is 38.9 Å². The normalized spacial score (nSPS) is 10.9. The van der Waals surface area contributed by atoms with Gasteiger partial charge in [0.1, 0.15) is 11.5 Å². The molecular formula is C15H20FN3. The summed E-state index contributed by atoms with van der Waals surface area (Å²) in [6.07, 6.45) is 1.10. The Hall–Kier alpha value is -1.68. The van der Waals surface area contributed by atoms with E-state index in [2.05, 4.69) is 17.3 Å². The first-order chi connectivity index (χ1) is 9.15. The molecule has 2 aromatic rings. The minimum atomic E-state index is -0.249. The Bertz CT molecular complexity index is 561. The van der Waals surface area contributed by atoms with Crippen molar-refractivity contribution < 1.29 is 4.39 Å². The molecule has 1 heterocycles. The van der Waals surface area contributed by atoms with Crippen molar-refractivity contribution in [3.8, 4) is 5.69 Å². The maximum atomic E-state index is 13.8. The monoisotopic (exact) mass is 261 g/mol. The fraction of sp³-hybridized carbons (Fsp3) is 0.400. The van der Waals surface area contributed by atoms with Gasteiger partial charge in [-0.1, -0.05) is 19.1 Å². The molecule has 0 saturated carbocycles. The van der Waals surface area contributed by atoms with Gasteiger partial charge in [-0.3, -0.25) is 0 Å².